The largest absolute Gasteiger partial charge is 0.375 e. The van der Waals surface area contributed by atoms with Crippen molar-refractivity contribution in [2.45, 2.75) is 91.8 Å². The molecule has 0 spiro atoms. The number of hydrogen-bond acceptors (Lipinski definition) is 5. The summed E-state index contributed by atoms with van der Waals surface area (Å²) < 4.78 is 6.40. The second kappa shape index (κ2) is 16.4. The van der Waals surface area contributed by atoms with E-state index < -0.39 is 0 Å². The predicted octanol–water partition coefficient (Wildman–Crippen LogP) is 4.33. The van der Waals surface area contributed by atoms with Gasteiger partial charge in [0.2, 0.25) is 0 Å². The summed E-state index contributed by atoms with van der Waals surface area (Å²) in [4.78, 5) is 8.11. The van der Waals surface area contributed by atoms with Crippen molar-refractivity contribution >= 4 is 0 Å². The molecule has 3 aliphatic heterocycles. The molecule has 0 aromatic rings. The molecule has 0 aromatic heterocycles. The molecule has 32 heavy (non-hydrogen) atoms. The van der Waals surface area contributed by atoms with Crippen LogP contribution in [0.25, 0.3) is 0 Å². The third-order valence-electron chi connectivity index (χ3n) is 7.78. The molecule has 3 heterocycles. The fraction of sp³-hybridized carbons (Fsp3) is 1.00. The second-order valence-corrected chi connectivity index (χ2v) is 9.88. The van der Waals surface area contributed by atoms with Gasteiger partial charge < -0.3 is 24.8 Å². The summed E-state index contributed by atoms with van der Waals surface area (Å²) in [5, 5.41) is 3.44. The third kappa shape index (κ3) is 9.58. The lowest BCUT2D eigenvalue weighted by Gasteiger charge is -2.39. The Morgan fingerprint density at radius 1 is 0.625 bits per heavy atom. The van der Waals surface area contributed by atoms with Crippen molar-refractivity contribution < 1.29 is 4.74 Å². The van der Waals surface area contributed by atoms with Crippen molar-refractivity contribution in [1.29, 1.82) is 0 Å². The fourth-order valence-electron chi connectivity index (χ4n) is 5.89. The highest BCUT2D eigenvalue weighted by Gasteiger charge is 2.28. The molecular formula is C27H56N4O. The summed E-state index contributed by atoms with van der Waals surface area (Å²) >= 11 is 0. The van der Waals surface area contributed by atoms with Crippen LogP contribution in [0.5, 0.6) is 0 Å². The number of nitrogens with one attached hydrogen (secondary N) is 1. The second-order valence-electron chi connectivity index (χ2n) is 9.88. The highest BCUT2D eigenvalue weighted by Crippen LogP contribution is 2.29. The minimum Gasteiger partial charge on any atom is -0.375 e. The molecule has 3 saturated heterocycles. The van der Waals surface area contributed by atoms with Gasteiger partial charge in [0.1, 0.15) is 0 Å². The van der Waals surface area contributed by atoms with Crippen molar-refractivity contribution in [3.8, 4) is 0 Å². The number of rotatable bonds is 7. The number of piperidine rings is 1. The highest BCUT2D eigenvalue weighted by molar-refractivity contribution is 4.83. The van der Waals surface area contributed by atoms with Gasteiger partial charge in [0.25, 0.3) is 0 Å². The Kier molecular flexibility index (Phi) is 14.4. The van der Waals surface area contributed by atoms with E-state index in [2.05, 4.69) is 26.9 Å². The lowest BCUT2D eigenvalue weighted by Crippen LogP contribution is -2.49. The monoisotopic (exact) mass is 452 g/mol. The molecule has 5 nitrogen and oxygen atoms in total. The highest BCUT2D eigenvalue weighted by atomic mass is 16.5. The average Bonchev–Trinajstić information content (AvgIpc) is 3.32. The van der Waals surface area contributed by atoms with Crippen molar-refractivity contribution in [3.63, 3.8) is 0 Å². The van der Waals surface area contributed by atoms with Crippen LogP contribution in [-0.2, 0) is 4.74 Å². The molecular weight excluding hydrogens is 396 g/mol. The lowest BCUT2D eigenvalue weighted by atomic mass is 9.86. The molecule has 0 unspecified atom stereocenters. The topological polar surface area (TPSA) is 31.0 Å². The van der Waals surface area contributed by atoms with Crippen LogP contribution in [0, 0.1) is 11.8 Å². The van der Waals surface area contributed by atoms with E-state index in [4.69, 9.17) is 4.74 Å². The Labute approximate surface area is 200 Å². The van der Waals surface area contributed by atoms with E-state index >= 15 is 0 Å². The maximum absolute atomic E-state index is 6.40. The zero-order valence-corrected chi connectivity index (χ0v) is 22.3. The van der Waals surface area contributed by atoms with Gasteiger partial charge in [-0.2, -0.15) is 0 Å². The molecule has 190 valence electrons. The summed E-state index contributed by atoms with van der Waals surface area (Å²) in [5.74, 6) is 1.83. The van der Waals surface area contributed by atoms with Gasteiger partial charge in [-0.05, 0) is 83.0 Å². The first-order valence-corrected chi connectivity index (χ1v) is 14.3. The van der Waals surface area contributed by atoms with Gasteiger partial charge in [0, 0.05) is 45.8 Å². The first-order chi connectivity index (χ1) is 15.8. The van der Waals surface area contributed by atoms with Gasteiger partial charge in [-0.3, -0.25) is 0 Å². The molecule has 0 amide bonds. The maximum atomic E-state index is 6.40. The van der Waals surface area contributed by atoms with Gasteiger partial charge >= 0.3 is 0 Å². The van der Waals surface area contributed by atoms with E-state index in [9.17, 15) is 0 Å². The fourth-order valence-corrected chi connectivity index (χ4v) is 5.89. The molecule has 1 atom stereocenters. The van der Waals surface area contributed by atoms with Gasteiger partial charge in [0.05, 0.1) is 12.2 Å². The quantitative estimate of drug-likeness (QED) is 0.621. The van der Waals surface area contributed by atoms with Crippen LogP contribution in [0.15, 0.2) is 0 Å². The summed E-state index contributed by atoms with van der Waals surface area (Å²) in [6, 6.07) is 0. The lowest BCUT2D eigenvalue weighted by molar-refractivity contribution is -0.0502. The van der Waals surface area contributed by atoms with Crippen molar-refractivity contribution in [2.75, 3.05) is 72.0 Å². The average molecular weight is 453 g/mol. The Morgan fingerprint density at radius 3 is 1.69 bits per heavy atom. The summed E-state index contributed by atoms with van der Waals surface area (Å²) in [6.45, 7) is 24.3. The molecule has 0 bridgehead atoms. The van der Waals surface area contributed by atoms with E-state index in [-0.39, 0.29) is 0 Å². The normalized spacial score (nSPS) is 30.8. The van der Waals surface area contributed by atoms with Gasteiger partial charge in [-0.25, -0.2) is 0 Å². The summed E-state index contributed by atoms with van der Waals surface area (Å²) in [6.07, 6.45) is 10.3. The van der Waals surface area contributed by atoms with E-state index in [0.717, 1.165) is 24.9 Å². The van der Waals surface area contributed by atoms with Gasteiger partial charge in [0.15, 0.2) is 0 Å². The van der Waals surface area contributed by atoms with E-state index in [1.54, 1.807) is 0 Å². The number of ether oxygens (including phenoxy) is 1. The number of piperazine rings is 1. The molecule has 4 rings (SSSR count). The van der Waals surface area contributed by atoms with E-state index in [0.29, 0.717) is 12.2 Å². The number of likely N-dealkylation sites (tertiary alicyclic amines) is 1. The summed E-state index contributed by atoms with van der Waals surface area (Å²) in [7, 11) is 0. The Balaban J connectivity index is 0.000000860. The Bertz CT molecular complexity index is 441. The zero-order valence-electron chi connectivity index (χ0n) is 22.3. The molecule has 4 aliphatic rings. The van der Waals surface area contributed by atoms with Crippen molar-refractivity contribution in [2.24, 2.45) is 11.8 Å². The summed E-state index contributed by atoms with van der Waals surface area (Å²) in [5.41, 5.74) is 0. The van der Waals surface area contributed by atoms with Gasteiger partial charge in [-0.15, -0.1) is 0 Å². The first kappa shape index (κ1) is 28.0. The first-order valence-electron chi connectivity index (χ1n) is 14.3. The maximum Gasteiger partial charge on any atom is 0.0603 e. The SMILES string of the molecule is CC.CC.CCN1CC[C@H](CN2CCN(CC3CCC(OC4CCNCC4)CC3)CC2)C1. The van der Waals surface area contributed by atoms with Crippen LogP contribution in [0.4, 0.5) is 0 Å². The minimum absolute atomic E-state index is 0.528. The number of nitrogens with zero attached hydrogens (tertiary/aromatic N) is 3. The van der Waals surface area contributed by atoms with Crippen molar-refractivity contribution in [3.05, 3.63) is 0 Å². The van der Waals surface area contributed by atoms with Crippen molar-refractivity contribution in [1.82, 2.24) is 20.0 Å². The van der Waals surface area contributed by atoms with Crippen LogP contribution in [0.2, 0.25) is 0 Å². The number of hydrogen-bond donors (Lipinski definition) is 1. The molecule has 1 saturated carbocycles. The van der Waals surface area contributed by atoms with Gasteiger partial charge in [-0.1, -0.05) is 34.6 Å². The standard InChI is InChI=1S/C23H44N4O.2C2H6/c1-2-25-12-9-21(18-25)19-27-15-13-26(14-16-27)17-20-3-5-22(6-4-20)28-23-7-10-24-11-8-23;2*1-2/h20-24H,2-19H2,1H3;2*1-2H3/t20?,21-,22?;;/m0../s1. The van der Waals surface area contributed by atoms with E-state index in [1.807, 2.05) is 27.7 Å². The zero-order chi connectivity index (χ0) is 23.2. The predicted molar refractivity (Wildman–Crippen MR) is 139 cm³/mol. The van der Waals surface area contributed by atoms with Crippen LogP contribution in [0.3, 0.4) is 0 Å². The van der Waals surface area contributed by atoms with Crippen LogP contribution < -0.4 is 5.32 Å². The van der Waals surface area contributed by atoms with Crippen LogP contribution in [0.1, 0.15) is 79.6 Å². The molecule has 0 radical (unpaired) electrons. The Hall–Kier alpha value is -0.200. The molecule has 0 aromatic carbocycles. The molecule has 4 fully saturated rings. The molecule has 1 N–H and O–H groups in total. The molecule has 5 heteroatoms. The third-order valence-corrected chi connectivity index (χ3v) is 7.78. The minimum atomic E-state index is 0.528. The molecule has 1 aliphatic carbocycles. The van der Waals surface area contributed by atoms with Crippen LogP contribution in [-0.4, -0.2) is 98.9 Å². The smallest absolute Gasteiger partial charge is 0.0603 e. The van der Waals surface area contributed by atoms with E-state index in [1.165, 1.54) is 104 Å². The van der Waals surface area contributed by atoms with Crippen LogP contribution >= 0.6 is 0 Å². The Morgan fingerprint density at radius 2 is 1.16 bits per heavy atom.